The maximum absolute atomic E-state index is 13.2. The second-order valence-electron chi connectivity index (χ2n) is 5.14. The van der Waals surface area contributed by atoms with Gasteiger partial charge in [0.15, 0.2) is 11.6 Å². The zero-order chi connectivity index (χ0) is 18.0. The molecule has 6 nitrogen and oxygen atoms in total. The SMILES string of the molecule is Cc1occc1-c1nnc(S[C@@H](C)C(=O)Nc2ccc(F)c(F)c2)o1. The molecule has 0 aliphatic carbocycles. The summed E-state index contributed by atoms with van der Waals surface area (Å²) in [6, 6.07) is 4.84. The highest BCUT2D eigenvalue weighted by atomic mass is 32.2. The lowest BCUT2D eigenvalue weighted by atomic mass is 10.3. The molecular formula is C16H13F2N3O3S. The summed E-state index contributed by atoms with van der Waals surface area (Å²) in [7, 11) is 0. The summed E-state index contributed by atoms with van der Waals surface area (Å²) in [6.45, 7) is 3.40. The first-order chi connectivity index (χ1) is 11.9. The van der Waals surface area contributed by atoms with E-state index in [1.807, 2.05) is 0 Å². The largest absolute Gasteiger partial charge is 0.469 e. The Morgan fingerprint density at radius 3 is 2.72 bits per heavy atom. The molecule has 0 spiro atoms. The molecule has 9 heteroatoms. The van der Waals surface area contributed by atoms with Gasteiger partial charge in [0.1, 0.15) is 5.76 Å². The third kappa shape index (κ3) is 3.87. The van der Waals surface area contributed by atoms with Crippen LogP contribution in [0.5, 0.6) is 0 Å². The molecule has 1 N–H and O–H groups in total. The third-order valence-corrected chi connectivity index (χ3v) is 4.26. The Morgan fingerprint density at radius 2 is 2.04 bits per heavy atom. The number of nitrogens with zero attached hydrogens (tertiary/aromatic N) is 2. The van der Waals surface area contributed by atoms with Gasteiger partial charge >= 0.3 is 0 Å². The van der Waals surface area contributed by atoms with Crippen LogP contribution in [0.1, 0.15) is 12.7 Å². The normalized spacial score (nSPS) is 12.2. The summed E-state index contributed by atoms with van der Waals surface area (Å²) >= 11 is 1.05. The molecule has 130 valence electrons. The zero-order valence-electron chi connectivity index (χ0n) is 13.2. The van der Waals surface area contributed by atoms with Crippen LogP contribution < -0.4 is 5.32 Å². The molecule has 25 heavy (non-hydrogen) atoms. The molecule has 0 aliphatic heterocycles. The van der Waals surface area contributed by atoms with Crippen molar-refractivity contribution in [2.45, 2.75) is 24.3 Å². The minimum absolute atomic E-state index is 0.164. The van der Waals surface area contributed by atoms with Gasteiger partial charge < -0.3 is 14.2 Å². The molecule has 0 radical (unpaired) electrons. The van der Waals surface area contributed by atoms with Crippen molar-refractivity contribution in [1.29, 1.82) is 0 Å². The van der Waals surface area contributed by atoms with E-state index in [0.29, 0.717) is 17.2 Å². The molecule has 0 bridgehead atoms. The summed E-state index contributed by atoms with van der Waals surface area (Å²) in [5, 5.41) is 9.92. The minimum atomic E-state index is -1.03. The van der Waals surface area contributed by atoms with Crippen LogP contribution in [-0.2, 0) is 4.79 Å². The first-order valence-electron chi connectivity index (χ1n) is 7.24. The Kier molecular flexibility index (Phi) is 4.84. The van der Waals surface area contributed by atoms with E-state index in [2.05, 4.69) is 15.5 Å². The lowest BCUT2D eigenvalue weighted by Gasteiger charge is -2.10. The van der Waals surface area contributed by atoms with Gasteiger partial charge in [-0.25, -0.2) is 8.78 Å². The van der Waals surface area contributed by atoms with Gasteiger partial charge in [0.2, 0.25) is 5.91 Å². The highest BCUT2D eigenvalue weighted by Gasteiger charge is 2.20. The Bertz CT molecular complexity index is 910. The van der Waals surface area contributed by atoms with Crippen molar-refractivity contribution in [3.63, 3.8) is 0 Å². The molecule has 1 amide bonds. The number of thioether (sulfide) groups is 1. The molecule has 2 heterocycles. The van der Waals surface area contributed by atoms with Crippen molar-refractivity contribution in [2.24, 2.45) is 0 Å². The van der Waals surface area contributed by atoms with Crippen LogP contribution >= 0.6 is 11.8 Å². The number of benzene rings is 1. The number of hydrogen-bond acceptors (Lipinski definition) is 6. The number of rotatable bonds is 5. The maximum atomic E-state index is 13.2. The predicted octanol–water partition coefficient (Wildman–Crippen LogP) is 4.04. The smallest absolute Gasteiger partial charge is 0.277 e. The number of carbonyl (C=O) groups excluding carboxylic acids is 1. The highest BCUT2D eigenvalue weighted by molar-refractivity contribution is 8.00. The molecule has 1 aromatic carbocycles. The number of aromatic nitrogens is 2. The standard InChI is InChI=1S/C16H13F2N3O3S/c1-8-11(5-6-23-8)15-20-21-16(24-15)25-9(2)14(22)19-10-3-4-12(17)13(18)7-10/h3-7,9H,1-2H3,(H,19,22)/t9-/m0/s1. The van der Waals surface area contributed by atoms with Crippen LogP contribution in [-0.4, -0.2) is 21.4 Å². The Labute approximate surface area is 145 Å². The molecule has 0 fully saturated rings. The number of carbonyl (C=O) groups is 1. The first kappa shape index (κ1) is 17.2. The van der Waals surface area contributed by atoms with Crippen molar-refractivity contribution in [3.8, 4) is 11.5 Å². The summed E-state index contributed by atoms with van der Waals surface area (Å²) in [5.74, 6) is -1.48. The number of aryl methyl sites for hydroxylation is 1. The number of furan rings is 1. The van der Waals surface area contributed by atoms with Crippen molar-refractivity contribution in [1.82, 2.24) is 10.2 Å². The molecule has 1 atom stereocenters. The Morgan fingerprint density at radius 1 is 1.24 bits per heavy atom. The minimum Gasteiger partial charge on any atom is -0.469 e. The summed E-state index contributed by atoms with van der Waals surface area (Å²) in [5.41, 5.74) is 0.842. The maximum Gasteiger partial charge on any atom is 0.277 e. The van der Waals surface area contributed by atoms with Gasteiger partial charge in [0.25, 0.3) is 11.1 Å². The van der Waals surface area contributed by atoms with Gasteiger partial charge in [0, 0.05) is 11.8 Å². The average molecular weight is 365 g/mol. The quantitative estimate of drug-likeness (QED) is 0.688. The molecule has 0 aliphatic rings. The monoisotopic (exact) mass is 365 g/mol. The van der Waals surface area contributed by atoms with E-state index < -0.39 is 22.8 Å². The van der Waals surface area contributed by atoms with Crippen molar-refractivity contribution < 1.29 is 22.4 Å². The Hall–Kier alpha value is -2.68. The van der Waals surface area contributed by atoms with E-state index in [4.69, 9.17) is 8.83 Å². The van der Waals surface area contributed by atoms with Crippen LogP contribution in [0.2, 0.25) is 0 Å². The van der Waals surface area contributed by atoms with E-state index in [9.17, 15) is 13.6 Å². The van der Waals surface area contributed by atoms with Crippen LogP contribution in [0.4, 0.5) is 14.5 Å². The highest BCUT2D eigenvalue weighted by Crippen LogP contribution is 2.28. The molecular weight excluding hydrogens is 352 g/mol. The second kappa shape index (κ2) is 7.06. The van der Waals surface area contributed by atoms with Gasteiger partial charge in [-0.3, -0.25) is 4.79 Å². The first-order valence-corrected chi connectivity index (χ1v) is 8.12. The lowest BCUT2D eigenvalue weighted by molar-refractivity contribution is -0.115. The van der Waals surface area contributed by atoms with Crippen LogP contribution in [0.15, 0.2) is 44.6 Å². The number of nitrogens with one attached hydrogen (secondary N) is 1. The molecule has 0 saturated carbocycles. The second-order valence-corrected chi connectivity index (χ2v) is 6.43. The van der Waals surface area contributed by atoms with Gasteiger partial charge in [-0.2, -0.15) is 0 Å². The molecule has 0 saturated heterocycles. The molecule has 0 unspecified atom stereocenters. The Balaban J connectivity index is 1.64. The van der Waals surface area contributed by atoms with Gasteiger partial charge in [-0.05, 0) is 32.0 Å². The van der Waals surface area contributed by atoms with Gasteiger partial charge in [-0.15, -0.1) is 10.2 Å². The van der Waals surface area contributed by atoms with E-state index in [1.165, 1.54) is 12.3 Å². The van der Waals surface area contributed by atoms with Crippen LogP contribution in [0.25, 0.3) is 11.5 Å². The fourth-order valence-corrected chi connectivity index (χ4v) is 2.68. The summed E-state index contributed by atoms with van der Waals surface area (Å²) in [4.78, 5) is 12.1. The molecule has 3 rings (SSSR count). The summed E-state index contributed by atoms with van der Waals surface area (Å²) < 4.78 is 36.8. The molecule has 3 aromatic rings. The van der Waals surface area contributed by atoms with Crippen LogP contribution in [0, 0.1) is 18.6 Å². The van der Waals surface area contributed by atoms with Crippen molar-refractivity contribution >= 4 is 23.4 Å². The predicted molar refractivity (Wildman–Crippen MR) is 87.0 cm³/mol. The fourth-order valence-electron chi connectivity index (χ4n) is 2.00. The average Bonchev–Trinajstić information content (AvgIpc) is 3.19. The van der Waals surface area contributed by atoms with Crippen molar-refractivity contribution in [3.05, 3.63) is 47.9 Å². The number of anilines is 1. The fraction of sp³-hybridized carbons (Fsp3) is 0.188. The number of hydrogen-bond donors (Lipinski definition) is 1. The van der Waals surface area contributed by atoms with E-state index in [-0.39, 0.29) is 10.9 Å². The van der Waals surface area contributed by atoms with Gasteiger partial charge in [0.05, 0.1) is 17.1 Å². The summed E-state index contributed by atoms with van der Waals surface area (Å²) in [6.07, 6.45) is 1.51. The van der Waals surface area contributed by atoms with Gasteiger partial charge in [-0.1, -0.05) is 11.8 Å². The van der Waals surface area contributed by atoms with E-state index in [0.717, 1.165) is 23.9 Å². The molecule has 2 aromatic heterocycles. The number of halogens is 2. The van der Waals surface area contributed by atoms with E-state index in [1.54, 1.807) is 19.9 Å². The zero-order valence-corrected chi connectivity index (χ0v) is 14.1. The third-order valence-electron chi connectivity index (χ3n) is 3.33. The van der Waals surface area contributed by atoms with E-state index >= 15 is 0 Å². The van der Waals surface area contributed by atoms with Crippen molar-refractivity contribution in [2.75, 3.05) is 5.32 Å². The lowest BCUT2D eigenvalue weighted by Crippen LogP contribution is -2.22. The topological polar surface area (TPSA) is 81.2 Å². The number of amides is 1. The van der Waals surface area contributed by atoms with Crippen LogP contribution in [0.3, 0.4) is 0 Å².